The van der Waals surface area contributed by atoms with Gasteiger partial charge in [-0.3, -0.25) is 4.79 Å². The fourth-order valence-electron chi connectivity index (χ4n) is 1.54. The third-order valence-electron chi connectivity index (χ3n) is 2.40. The summed E-state index contributed by atoms with van der Waals surface area (Å²) in [6, 6.07) is 10.4. The third kappa shape index (κ3) is 4.13. The average Bonchev–Trinajstić information content (AvgIpc) is 2.37. The van der Waals surface area contributed by atoms with E-state index < -0.39 is 11.7 Å². The first-order chi connectivity index (χ1) is 9.52. The highest BCUT2D eigenvalue weighted by molar-refractivity contribution is 6.30. The van der Waals surface area contributed by atoms with Crippen LogP contribution in [0, 0.1) is 5.82 Å². The minimum atomic E-state index is -0.521. The van der Waals surface area contributed by atoms with E-state index in [2.05, 4.69) is 5.32 Å². The lowest BCUT2D eigenvalue weighted by Gasteiger charge is -2.08. The lowest BCUT2D eigenvalue weighted by atomic mass is 10.3. The standard InChI is InChI=1S/C14H12ClFN2O2/c15-9-5-10(16)7-12(6-9)18-14(19)8-20-13-3-1-11(17)2-4-13/h1-7H,8,17H2,(H,18,19). The molecule has 1 amide bonds. The molecule has 0 saturated heterocycles. The van der Waals surface area contributed by atoms with Crippen LogP contribution < -0.4 is 15.8 Å². The number of halogens is 2. The number of carbonyl (C=O) groups is 1. The molecule has 0 atom stereocenters. The Labute approximate surface area is 120 Å². The minimum Gasteiger partial charge on any atom is -0.484 e. The highest BCUT2D eigenvalue weighted by atomic mass is 35.5. The molecule has 0 radical (unpaired) electrons. The van der Waals surface area contributed by atoms with Crippen molar-refractivity contribution in [1.29, 1.82) is 0 Å². The van der Waals surface area contributed by atoms with Crippen LogP contribution in [0.15, 0.2) is 42.5 Å². The van der Waals surface area contributed by atoms with Gasteiger partial charge in [0.05, 0.1) is 0 Å². The number of amides is 1. The highest BCUT2D eigenvalue weighted by Gasteiger charge is 2.06. The molecule has 0 aliphatic heterocycles. The molecule has 0 spiro atoms. The SMILES string of the molecule is Nc1ccc(OCC(=O)Nc2cc(F)cc(Cl)c2)cc1. The van der Waals surface area contributed by atoms with Crippen LogP contribution in [0.5, 0.6) is 5.75 Å². The van der Waals surface area contributed by atoms with E-state index in [9.17, 15) is 9.18 Å². The quantitative estimate of drug-likeness (QED) is 0.852. The van der Waals surface area contributed by atoms with Gasteiger partial charge in [0.1, 0.15) is 11.6 Å². The number of anilines is 2. The van der Waals surface area contributed by atoms with Gasteiger partial charge in [-0.2, -0.15) is 0 Å². The molecule has 3 N–H and O–H groups in total. The molecular formula is C14H12ClFN2O2. The van der Waals surface area contributed by atoms with Crippen molar-refractivity contribution < 1.29 is 13.9 Å². The van der Waals surface area contributed by atoms with Crippen molar-refractivity contribution in [2.24, 2.45) is 0 Å². The fraction of sp³-hybridized carbons (Fsp3) is 0.0714. The first-order valence-electron chi connectivity index (χ1n) is 5.77. The zero-order chi connectivity index (χ0) is 14.5. The molecule has 2 aromatic carbocycles. The Kier molecular flexibility index (Phi) is 4.42. The molecule has 20 heavy (non-hydrogen) atoms. The highest BCUT2D eigenvalue weighted by Crippen LogP contribution is 2.18. The van der Waals surface area contributed by atoms with Gasteiger partial charge in [-0.15, -0.1) is 0 Å². The summed E-state index contributed by atoms with van der Waals surface area (Å²) in [5.41, 5.74) is 6.42. The molecule has 0 fully saturated rings. The third-order valence-corrected chi connectivity index (χ3v) is 2.61. The number of nitrogens with one attached hydrogen (secondary N) is 1. The minimum absolute atomic E-state index is 0.196. The summed E-state index contributed by atoms with van der Waals surface area (Å²) < 4.78 is 18.3. The molecule has 0 bridgehead atoms. The van der Waals surface area contributed by atoms with Crippen molar-refractivity contribution in [2.45, 2.75) is 0 Å². The Balaban J connectivity index is 1.90. The monoisotopic (exact) mass is 294 g/mol. The van der Waals surface area contributed by atoms with Crippen LogP contribution >= 0.6 is 11.6 Å². The maximum absolute atomic E-state index is 13.1. The number of nitrogen functional groups attached to an aromatic ring is 1. The molecule has 0 aliphatic carbocycles. The Morgan fingerprint density at radius 1 is 1.25 bits per heavy atom. The number of hydrogen-bond acceptors (Lipinski definition) is 3. The zero-order valence-corrected chi connectivity index (χ0v) is 11.2. The summed E-state index contributed by atoms with van der Waals surface area (Å²) in [4.78, 5) is 11.6. The van der Waals surface area contributed by atoms with Crippen molar-refractivity contribution in [2.75, 3.05) is 17.7 Å². The first-order valence-corrected chi connectivity index (χ1v) is 6.15. The predicted molar refractivity (Wildman–Crippen MR) is 76.4 cm³/mol. The molecule has 0 unspecified atom stereocenters. The number of rotatable bonds is 4. The van der Waals surface area contributed by atoms with E-state index in [1.165, 1.54) is 12.1 Å². The molecule has 104 valence electrons. The van der Waals surface area contributed by atoms with Gasteiger partial charge in [0.15, 0.2) is 6.61 Å². The molecule has 4 nitrogen and oxygen atoms in total. The summed E-state index contributed by atoms with van der Waals surface area (Å²) in [6.45, 7) is -0.196. The van der Waals surface area contributed by atoms with Crippen molar-refractivity contribution in [3.05, 3.63) is 53.3 Å². The molecule has 0 aromatic heterocycles. The summed E-state index contributed by atoms with van der Waals surface area (Å²) in [5.74, 6) is -0.414. The van der Waals surface area contributed by atoms with E-state index in [1.54, 1.807) is 24.3 Å². The first kappa shape index (κ1) is 14.1. The Bertz CT molecular complexity index is 597. The van der Waals surface area contributed by atoms with Gasteiger partial charge in [0.25, 0.3) is 5.91 Å². The van der Waals surface area contributed by atoms with E-state index in [1.807, 2.05) is 0 Å². The molecule has 6 heteroatoms. The van der Waals surface area contributed by atoms with E-state index in [0.29, 0.717) is 11.4 Å². The van der Waals surface area contributed by atoms with Gasteiger partial charge in [0, 0.05) is 16.4 Å². The van der Waals surface area contributed by atoms with Gasteiger partial charge in [-0.05, 0) is 42.5 Å². The van der Waals surface area contributed by atoms with Crippen molar-refractivity contribution in [3.63, 3.8) is 0 Å². The molecule has 0 aliphatic rings. The second-order valence-corrected chi connectivity index (χ2v) is 4.50. The van der Waals surface area contributed by atoms with Gasteiger partial charge < -0.3 is 15.8 Å². The molecule has 0 heterocycles. The fourth-order valence-corrected chi connectivity index (χ4v) is 1.76. The van der Waals surface area contributed by atoms with Crippen LogP contribution in [0.3, 0.4) is 0 Å². The van der Waals surface area contributed by atoms with Crippen LogP contribution in [-0.4, -0.2) is 12.5 Å². The molecule has 0 saturated carbocycles. The Morgan fingerprint density at radius 2 is 1.95 bits per heavy atom. The molecular weight excluding hydrogens is 283 g/mol. The van der Waals surface area contributed by atoms with Gasteiger partial charge in [-0.25, -0.2) is 4.39 Å². The van der Waals surface area contributed by atoms with Crippen LogP contribution in [-0.2, 0) is 4.79 Å². The maximum Gasteiger partial charge on any atom is 0.262 e. The van der Waals surface area contributed by atoms with E-state index >= 15 is 0 Å². The van der Waals surface area contributed by atoms with Crippen molar-refractivity contribution in [1.82, 2.24) is 0 Å². The number of ether oxygens (including phenoxy) is 1. The van der Waals surface area contributed by atoms with Crippen LogP contribution in [0.4, 0.5) is 15.8 Å². The number of nitrogens with two attached hydrogens (primary N) is 1. The largest absolute Gasteiger partial charge is 0.484 e. The summed E-state index contributed by atoms with van der Waals surface area (Å²) in [7, 11) is 0. The Morgan fingerprint density at radius 3 is 2.60 bits per heavy atom. The van der Waals surface area contributed by atoms with E-state index in [4.69, 9.17) is 22.1 Å². The van der Waals surface area contributed by atoms with Crippen LogP contribution in [0.25, 0.3) is 0 Å². The number of benzene rings is 2. The lowest BCUT2D eigenvalue weighted by Crippen LogP contribution is -2.20. The second-order valence-electron chi connectivity index (χ2n) is 4.06. The summed E-state index contributed by atoms with van der Waals surface area (Å²) in [6.07, 6.45) is 0. The Hall–Kier alpha value is -2.27. The number of carbonyl (C=O) groups excluding carboxylic acids is 1. The second kappa shape index (κ2) is 6.25. The smallest absolute Gasteiger partial charge is 0.262 e. The van der Waals surface area contributed by atoms with Crippen LogP contribution in [0.1, 0.15) is 0 Å². The summed E-state index contributed by atoms with van der Waals surface area (Å²) >= 11 is 5.69. The van der Waals surface area contributed by atoms with Crippen molar-refractivity contribution in [3.8, 4) is 5.75 Å². The molecule has 2 rings (SSSR count). The summed E-state index contributed by atoms with van der Waals surface area (Å²) in [5, 5.41) is 2.70. The average molecular weight is 295 g/mol. The maximum atomic E-state index is 13.1. The van der Waals surface area contributed by atoms with Crippen LogP contribution in [0.2, 0.25) is 5.02 Å². The van der Waals surface area contributed by atoms with Gasteiger partial charge in [-0.1, -0.05) is 11.6 Å². The topological polar surface area (TPSA) is 64.3 Å². The van der Waals surface area contributed by atoms with E-state index in [-0.39, 0.29) is 17.3 Å². The molecule has 2 aromatic rings. The van der Waals surface area contributed by atoms with Gasteiger partial charge in [0.2, 0.25) is 0 Å². The normalized spacial score (nSPS) is 10.1. The zero-order valence-electron chi connectivity index (χ0n) is 10.4. The van der Waals surface area contributed by atoms with Crippen molar-refractivity contribution >= 4 is 28.9 Å². The van der Waals surface area contributed by atoms with Gasteiger partial charge >= 0.3 is 0 Å². The van der Waals surface area contributed by atoms with E-state index in [0.717, 1.165) is 6.07 Å². The lowest BCUT2D eigenvalue weighted by molar-refractivity contribution is -0.118. The predicted octanol–water partition coefficient (Wildman–Crippen LogP) is 3.08. The number of hydrogen-bond donors (Lipinski definition) is 2.